The number of rotatable bonds is 3. The Bertz CT molecular complexity index is 106. The zero-order valence-electron chi connectivity index (χ0n) is 7.18. The molecule has 2 heteroatoms. The van der Waals surface area contributed by atoms with Crippen molar-refractivity contribution in [3.8, 4) is 0 Å². The molecule has 1 aliphatic rings. The molecule has 0 N–H and O–H groups in total. The molecule has 0 nitrogen and oxygen atoms in total. The molecule has 0 bridgehead atoms. The van der Waals surface area contributed by atoms with Crippen molar-refractivity contribution in [3.63, 3.8) is 0 Å². The van der Waals surface area contributed by atoms with Crippen LogP contribution in [-0.2, 0) is 0 Å². The van der Waals surface area contributed by atoms with Gasteiger partial charge in [-0.15, -0.1) is 0 Å². The van der Waals surface area contributed by atoms with Crippen LogP contribution in [0.15, 0.2) is 0 Å². The third-order valence-corrected chi connectivity index (χ3v) is 3.61. The molecule has 0 saturated heterocycles. The van der Waals surface area contributed by atoms with Crippen LogP contribution in [0.2, 0.25) is 0 Å². The summed E-state index contributed by atoms with van der Waals surface area (Å²) in [6, 6.07) is 0. The Kier molecular flexibility index (Phi) is 4.28. The maximum absolute atomic E-state index is 11.8. The van der Waals surface area contributed by atoms with Gasteiger partial charge in [0.05, 0.1) is 6.67 Å². The van der Waals surface area contributed by atoms with E-state index in [0.29, 0.717) is 5.75 Å². The topological polar surface area (TPSA) is 0 Å². The van der Waals surface area contributed by atoms with E-state index in [9.17, 15) is 4.39 Å². The molecule has 0 amide bonds. The van der Waals surface area contributed by atoms with Gasteiger partial charge in [-0.05, 0) is 18.8 Å². The van der Waals surface area contributed by atoms with E-state index in [1.54, 1.807) is 0 Å². The van der Waals surface area contributed by atoms with E-state index in [0.717, 1.165) is 11.2 Å². The van der Waals surface area contributed by atoms with Crippen molar-refractivity contribution in [3.05, 3.63) is 0 Å². The molecular formula is C9H17FS. The Morgan fingerprint density at radius 2 is 2.27 bits per heavy atom. The molecule has 0 aromatic rings. The lowest BCUT2D eigenvalue weighted by Gasteiger charge is -2.25. The smallest absolute Gasteiger partial charge is 0.0984 e. The van der Waals surface area contributed by atoms with Crippen LogP contribution in [0.25, 0.3) is 0 Å². The monoisotopic (exact) mass is 176 g/mol. The molecule has 66 valence electrons. The van der Waals surface area contributed by atoms with Gasteiger partial charge in [0.15, 0.2) is 0 Å². The average molecular weight is 176 g/mol. The van der Waals surface area contributed by atoms with Gasteiger partial charge in [-0.3, -0.25) is 4.39 Å². The maximum Gasteiger partial charge on any atom is 0.0984 e. The van der Waals surface area contributed by atoms with Crippen molar-refractivity contribution in [1.29, 1.82) is 0 Å². The molecule has 0 aromatic heterocycles. The van der Waals surface area contributed by atoms with Gasteiger partial charge in [-0.25, -0.2) is 0 Å². The summed E-state index contributed by atoms with van der Waals surface area (Å²) in [7, 11) is 0. The van der Waals surface area contributed by atoms with Gasteiger partial charge in [0, 0.05) is 11.0 Å². The van der Waals surface area contributed by atoms with E-state index >= 15 is 0 Å². The molecule has 11 heavy (non-hydrogen) atoms. The number of thioether (sulfide) groups is 1. The summed E-state index contributed by atoms with van der Waals surface area (Å²) in [5.41, 5.74) is 0. The van der Waals surface area contributed by atoms with Crippen LogP contribution in [0.3, 0.4) is 0 Å². The van der Waals surface area contributed by atoms with E-state index in [2.05, 4.69) is 6.92 Å². The summed E-state index contributed by atoms with van der Waals surface area (Å²) in [5, 5.41) is 0.759. The van der Waals surface area contributed by atoms with Crippen molar-refractivity contribution in [2.45, 2.75) is 37.9 Å². The fourth-order valence-corrected chi connectivity index (χ4v) is 2.96. The lowest BCUT2D eigenvalue weighted by atomic mass is 9.91. The lowest BCUT2D eigenvalue weighted by molar-refractivity contribution is 0.393. The minimum atomic E-state index is -0.157. The van der Waals surface area contributed by atoms with E-state index < -0.39 is 0 Å². The van der Waals surface area contributed by atoms with Crippen LogP contribution in [-0.4, -0.2) is 17.7 Å². The summed E-state index contributed by atoms with van der Waals surface area (Å²) < 4.78 is 11.8. The van der Waals surface area contributed by atoms with E-state index in [1.807, 2.05) is 11.8 Å². The Labute approximate surface area is 72.9 Å². The first-order valence-corrected chi connectivity index (χ1v) is 5.55. The first-order valence-electron chi connectivity index (χ1n) is 4.50. The molecule has 1 aliphatic carbocycles. The predicted octanol–water partition coefficient (Wildman–Crippen LogP) is 3.27. The molecule has 0 spiro atoms. The van der Waals surface area contributed by atoms with Gasteiger partial charge in [-0.1, -0.05) is 19.8 Å². The molecule has 2 unspecified atom stereocenters. The molecule has 1 saturated carbocycles. The molecular weight excluding hydrogens is 159 g/mol. The van der Waals surface area contributed by atoms with E-state index in [-0.39, 0.29) is 6.67 Å². The van der Waals surface area contributed by atoms with Gasteiger partial charge in [0.2, 0.25) is 0 Å². The lowest BCUT2D eigenvalue weighted by Crippen LogP contribution is -2.15. The maximum atomic E-state index is 11.8. The van der Waals surface area contributed by atoms with Crippen LogP contribution in [0.1, 0.15) is 32.6 Å². The van der Waals surface area contributed by atoms with Gasteiger partial charge in [0.1, 0.15) is 0 Å². The second-order valence-corrected chi connectivity index (χ2v) is 4.86. The number of halogens is 1. The van der Waals surface area contributed by atoms with Crippen molar-refractivity contribution < 1.29 is 4.39 Å². The summed E-state index contributed by atoms with van der Waals surface area (Å²) in [6.45, 7) is 2.15. The highest BCUT2D eigenvalue weighted by Gasteiger charge is 2.18. The minimum absolute atomic E-state index is 0.157. The van der Waals surface area contributed by atoms with E-state index in [4.69, 9.17) is 0 Å². The molecule has 1 rings (SSSR count). The van der Waals surface area contributed by atoms with Crippen molar-refractivity contribution in [2.24, 2.45) is 5.92 Å². The van der Waals surface area contributed by atoms with Crippen LogP contribution < -0.4 is 0 Å². The number of alkyl halides is 1. The standard InChI is InChI=1S/C9H17FS/c1-8-3-2-4-9(7-8)11-6-5-10/h8-9H,2-7H2,1H3. The Hall–Kier alpha value is 0.280. The number of hydrogen-bond donors (Lipinski definition) is 0. The Balaban J connectivity index is 2.12. The highest BCUT2D eigenvalue weighted by Crippen LogP contribution is 2.31. The first kappa shape index (κ1) is 9.37. The van der Waals surface area contributed by atoms with Crippen LogP contribution in [0.5, 0.6) is 0 Å². The molecule has 2 atom stereocenters. The van der Waals surface area contributed by atoms with Gasteiger partial charge in [0.25, 0.3) is 0 Å². The van der Waals surface area contributed by atoms with Crippen LogP contribution >= 0.6 is 11.8 Å². The molecule has 0 heterocycles. The fraction of sp³-hybridized carbons (Fsp3) is 1.00. The Morgan fingerprint density at radius 1 is 1.45 bits per heavy atom. The predicted molar refractivity (Wildman–Crippen MR) is 49.9 cm³/mol. The largest absolute Gasteiger partial charge is 0.250 e. The normalized spacial score (nSPS) is 32.2. The summed E-state index contributed by atoms with van der Waals surface area (Å²) in [4.78, 5) is 0. The second-order valence-electron chi connectivity index (χ2n) is 3.45. The van der Waals surface area contributed by atoms with Crippen molar-refractivity contribution >= 4 is 11.8 Å². The molecule has 0 aromatic carbocycles. The van der Waals surface area contributed by atoms with E-state index in [1.165, 1.54) is 25.7 Å². The van der Waals surface area contributed by atoms with Gasteiger partial charge < -0.3 is 0 Å². The quantitative estimate of drug-likeness (QED) is 0.636. The van der Waals surface area contributed by atoms with Crippen molar-refractivity contribution in [1.82, 2.24) is 0 Å². The minimum Gasteiger partial charge on any atom is -0.250 e. The fourth-order valence-electron chi connectivity index (χ4n) is 1.74. The summed E-state index contributed by atoms with van der Waals surface area (Å²) in [6.07, 6.45) is 5.36. The molecule has 0 aliphatic heterocycles. The van der Waals surface area contributed by atoms with Crippen LogP contribution in [0, 0.1) is 5.92 Å². The Morgan fingerprint density at radius 3 is 2.91 bits per heavy atom. The SMILES string of the molecule is CC1CCCC(SCCF)C1. The molecule has 1 fully saturated rings. The first-order chi connectivity index (χ1) is 5.33. The average Bonchev–Trinajstić information content (AvgIpc) is 2.01. The highest BCUT2D eigenvalue weighted by atomic mass is 32.2. The molecule has 0 radical (unpaired) electrons. The zero-order chi connectivity index (χ0) is 8.10. The van der Waals surface area contributed by atoms with Crippen LogP contribution in [0.4, 0.5) is 4.39 Å². The zero-order valence-corrected chi connectivity index (χ0v) is 8.00. The third-order valence-electron chi connectivity index (χ3n) is 2.32. The van der Waals surface area contributed by atoms with Crippen molar-refractivity contribution in [2.75, 3.05) is 12.4 Å². The summed E-state index contributed by atoms with van der Waals surface area (Å²) in [5.74, 6) is 1.58. The van der Waals surface area contributed by atoms with Gasteiger partial charge in [-0.2, -0.15) is 11.8 Å². The highest BCUT2D eigenvalue weighted by molar-refractivity contribution is 7.99. The van der Waals surface area contributed by atoms with Gasteiger partial charge >= 0.3 is 0 Å². The third kappa shape index (κ3) is 3.46. The summed E-state index contributed by atoms with van der Waals surface area (Å²) >= 11 is 1.83. The second kappa shape index (κ2) is 5.02. The number of hydrogen-bond acceptors (Lipinski definition) is 1.